The molecule has 0 radical (unpaired) electrons. The van der Waals surface area contributed by atoms with Crippen molar-refractivity contribution in [3.05, 3.63) is 65.5 Å². The van der Waals surface area contributed by atoms with Crippen LogP contribution in [0.5, 0.6) is 0 Å². The van der Waals surface area contributed by atoms with E-state index in [1.807, 2.05) is 0 Å². The molecule has 122 valence electrons. The van der Waals surface area contributed by atoms with Gasteiger partial charge in [-0.15, -0.1) is 0 Å². The van der Waals surface area contributed by atoms with Crippen LogP contribution in [-0.4, -0.2) is 22.7 Å². The van der Waals surface area contributed by atoms with Gasteiger partial charge in [-0.3, -0.25) is 19.8 Å². The molecule has 3 rings (SSSR count). The lowest BCUT2D eigenvalue weighted by Gasteiger charge is -2.25. The van der Waals surface area contributed by atoms with Gasteiger partial charge in [-0.1, -0.05) is 0 Å². The number of hydrogen-bond acceptors (Lipinski definition) is 5. The summed E-state index contributed by atoms with van der Waals surface area (Å²) in [5.74, 6) is -0.369. The second-order valence-corrected chi connectivity index (χ2v) is 5.19. The third-order valence-electron chi connectivity index (χ3n) is 3.36. The third kappa shape index (κ3) is 3.19. The van der Waals surface area contributed by atoms with Crippen molar-refractivity contribution in [2.75, 3.05) is 0 Å². The molecule has 1 aliphatic heterocycles. The largest absolute Gasteiger partial charge is 0.467 e. The van der Waals surface area contributed by atoms with Crippen molar-refractivity contribution in [2.45, 2.75) is 13.5 Å². The molecule has 7 heteroatoms. The fourth-order valence-corrected chi connectivity index (χ4v) is 2.26. The Morgan fingerprint density at radius 1 is 1.17 bits per heavy atom. The predicted molar refractivity (Wildman–Crippen MR) is 83.2 cm³/mol. The van der Waals surface area contributed by atoms with Crippen molar-refractivity contribution in [3.63, 3.8) is 0 Å². The SMILES string of the molecule is CC(=C\c1ccco1)/C=C1\C(=O)NC(=O)N(Cc2ccco2)C1=O. The van der Waals surface area contributed by atoms with Crippen LogP contribution in [0.4, 0.5) is 4.79 Å². The van der Waals surface area contributed by atoms with Crippen molar-refractivity contribution >= 4 is 23.9 Å². The highest BCUT2D eigenvalue weighted by molar-refractivity contribution is 6.29. The van der Waals surface area contributed by atoms with Gasteiger partial charge in [0.25, 0.3) is 11.8 Å². The second kappa shape index (κ2) is 6.41. The van der Waals surface area contributed by atoms with E-state index in [0.717, 1.165) is 4.90 Å². The lowest BCUT2D eigenvalue weighted by molar-refractivity contribution is -0.130. The number of furan rings is 2. The number of nitrogens with one attached hydrogen (secondary N) is 1. The highest BCUT2D eigenvalue weighted by Crippen LogP contribution is 2.17. The summed E-state index contributed by atoms with van der Waals surface area (Å²) in [6.45, 7) is 1.67. The summed E-state index contributed by atoms with van der Waals surface area (Å²) >= 11 is 0. The maximum Gasteiger partial charge on any atom is 0.331 e. The molecule has 7 nitrogen and oxygen atoms in total. The number of barbiturate groups is 1. The molecule has 3 heterocycles. The Bertz CT molecular complexity index is 828. The lowest BCUT2D eigenvalue weighted by Crippen LogP contribution is -2.53. The third-order valence-corrected chi connectivity index (χ3v) is 3.36. The van der Waals surface area contributed by atoms with Gasteiger partial charge in [0.05, 0.1) is 19.1 Å². The molecular weight excluding hydrogens is 312 g/mol. The normalized spacial score (nSPS) is 17.5. The Kier molecular flexibility index (Phi) is 4.15. The highest BCUT2D eigenvalue weighted by atomic mass is 16.3. The van der Waals surface area contributed by atoms with Gasteiger partial charge in [-0.25, -0.2) is 4.79 Å². The van der Waals surface area contributed by atoms with Crippen LogP contribution in [-0.2, 0) is 16.1 Å². The first-order valence-corrected chi connectivity index (χ1v) is 7.17. The van der Waals surface area contributed by atoms with Gasteiger partial charge >= 0.3 is 6.03 Å². The number of allylic oxidation sites excluding steroid dienone is 2. The standard InChI is InChI=1S/C17H14N2O5/c1-11(8-12-4-2-6-23-12)9-14-15(20)18-17(22)19(16(14)21)10-13-5-3-7-24-13/h2-9H,10H2,1H3,(H,18,20,22)/b11-8+,14-9+. The minimum absolute atomic E-state index is 0.0523. The Labute approximate surface area is 137 Å². The Morgan fingerprint density at radius 2 is 1.92 bits per heavy atom. The molecule has 0 bridgehead atoms. The molecule has 1 N–H and O–H groups in total. The first kappa shape index (κ1) is 15.5. The van der Waals surface area contributed by atoms with Gasteiger partial charge in [-0.2, -0.15) is 0 Å². The molecule has 0 atom stereocenters. The molecule has 2 aromatic rings. The average molecular weight is 326 g/mol. The van der Waals surface area contributed by atoms with Gasteiger partial charge in [0, 0.05) is 0 Å². The summed E-state index contributed by atoms with van der Waals surface area (Å²) < 4.78 is 10.3. The predicted octanol–water partition coefficient (Wildman–Crippen LogP) is 2.48. The molecule has 2 aromatic heterocycles. The van der Waals surface area contributed by atoms with E-state index in [1.165, 1.54) is 18.6 Å². The van der Waals surface area contributed by atoms with Crippen LogP contribution in [0.1, 0.15) is 18.4 Å². The fraction of sp³-hybridized carbons (Fsp3) is 0.118. The Hall–Kier alpha value is -3.35. The highest BCUT2D eigenvalue weighted by Gasteiger charge is 2.36. The van der Waals surface area contributed by atoms with Crippen LogP contribution in [0.15, 0.2) is 62.8 Å². The number of nitrogens with zero attached hydrogens (tertiary/aromatic N) is 1. The molecule has 24 heavy (non-hydrogen) atoms. The van der Waals surface area contributed by atoms with Gasteiger partial charge in [0.1, 0.15) is 17.1 Å². The maximum absolute atomic E-state index is 12.5. The van der Waals surface area contributed by atoms with Crippen LogP contribution in [0, 0.1) is 0 Å². The van der Waals surface area contributed by atoms with Gasteiger partial charge < -0.3 is 8.83 Å². The monoisotopic (exact) mass is 326 g/mol. The van der Waals surface area contributed by atoms with E-state index in [9.17, 15) is 14.4 Å². The minimum Gasteiger partial charge on any atom is -0.467 e. The van der Waals surface area contributed by atoms with E-state index in [4.69, 9.17) is 8.83 Å². The van der Waals surface area contributed by atoms with Gasteiger partial charge in [0.2, 0.25) is 0 Å². The fourth-order valence-electron chi connectivity index (χ4n) is 2.26. The summed E-state index contributed by atoms with van der Waals surface area (Å²) in [5.41, 5.74) is 0.511. The van der Waals surface area contributed by atoms with E-state index in [2.05, 4.69) is 5.32 Å². The minimum atomic E-state index is -0.772. The Balaban J connectivity index is 1.86. The number of carbonyl (C=O) groups is 3. The van der Waals surface area contributed by atoms with E-state index < -0.39 is 17.8 Å². The number of carbonyl (C=O) groups excluding carboxylic acids is 3. The van der Waals surface area contributed by atoms with E-state index in [-0.39, 0.29) is 12.1 Å². The smallest absolute Gasteiger partial charge is 0.331 e. The number of imide groups is 2. The number of hydrogen-bond donors (Lipinski definition) is 1. The van der Waals surface area contributed by atoms with Crippen LogP contribution in [0.2, 0.25) is 0 Å². The molecule has 0 aromatic carbocycles. The second-order valence-electron chi connectivity index (χ2n) is 5.19. The molecule has 0 unspecified atom stereocenters. The van der Waals surface area contributed by atoms with E-state index in [0.29, 0.717) is 17.1 Å². The molecule has 1 saturated heterocycles. The zero-order valence-electron chi connectivity index (χ0n) is 12.8. The van der Waals surface area contributed by atoms with Crippen molar-refractivity contribution in [3.8, 4) is 0 Å². The van der Waals surface area contributed by atoms with Gasteiger partial charge in [0.15, 0.2) is 0 Å². The van der Waals surface area contributed by atoms with Crippen LogP contribution in [0.3, 0.4) is 0 Å². The summed E-state index contributed by atoms with van der Waals surface area (Å²) in [5, 5.41) is 2.15. The number of amides is 4. The molecular formula is C17H14N2O5. The zero-order valence-corrected chi connectivity index (χ0v) is 12.8. The summed E-state index contributed by atoms with van der Waals surface area (Å²) in [6.07, 6.45) is 6.07. The molecule has 0 spiro atoms. The van der Waals surface area contributed by atoms with Crippen molar-refractivity contribution in [2.24, 2.45) is 0 Å². The maximum atomic E-state index is 12.5. The number of urea groups is 1. The quantitative estimate of drug-likeness (QED) is 0.688. The zero-order chi connectivity index (χ0) is 17.1. The topological polar surface area (TPSA) is 92.8 Å². The first-order valence-electron chi connectivity index (χ1n) is 7.17. The van der Waals surface area contributed by atoms with Crippen molar-refractivity contribution in [1.82, 2.24) is 10.2 Å². The molecule has 0 saturated carbocycles. The number of rotatable bonds is 4. The first-order chi connectivity index (χ1) is 11.5. The molecule has 1 fully saturated rings. The van der Waals surface area contributed by atoms with Crippen molar-refractivity contribution < 1.29 is 23.2 Å². The van der Waals surface area contributed by atoms with Crippen LogP contribution in [0.25, 0.3) is 6.08 Å². The van der Waals surface area contributed by atoms with Crippen LogP contribution < -0.4 is 5.32 Å². The average Bonchev–Trinajstić information content (AvgIpc) is 3.21. The summed E-state index contributed by atoms with van der Waals surface area (Å²) in [7, 11) is 0. The van der Waals surface area contributed by atoms with Crippen LogP contribution >= 0.6 is 0 Å². The molecule has 4 amide bonds. The summed E-state index contributed by atoms with van der Waals surface area (Å²) in [4.78, 5) is 37.3. The molecule has 0 aliphatic carbocycles. The van der Waals surface area contributed by atoms with E-state index in [1.54, 1.807) is 37.3 Å². The summed E-state index contributed by atoms with van der Waals surface area (Å²) in [6, 6.07) is 6.00. The lowest BCUT2D eigenvalue weighted by atomic mass is 10.1. The van der Waals surface area contributed by atoms with Gasteiger partial charge in [-0.05, 0) is 48.9 Å². The van der Waals surface area contributed by atoms with E-state index >= 15 is 0 Å². The Morgan fingerprint density at radius 3 is 2.58 bits per heavy atom. The molecule has 1 aliphatic rings. The van der Waals surface area contributed by atoms with Crippen molar-refractivity contribution in [1.29, 1.82) is 0 Å².